The summed E-state index contributed by atoms with van der Waals surface area (Å²) in [4.78, 5) is 25.4. The Balaban J connectivity index is 0.000000409. The minimum atomic E-state index is -4.18. The molecule has 0 atom stereocenters. The van der Waals surface area contributed by atoms with Gasteiger partial charge < -0.3 is 20.2 Å². The number of aromatic nitrogens is 2. The number of alkyl halides is 3. The largest absolute Gasteiger partial charge is 0.475 e. The highest BCUT2D eigenvalue weighted by molar-refractivity contribution is 5.84. The molecule has 3 heterocycles. The number of halogens is 3. The molecule has 0 fully saturated rings. The Labute approximate surface area is 157 Å². The average molecular weight is 402 g/mol. The molecule has 0 saturated carbocycles. The maximum absolute atomic E-state index is 10.8. The number of hydrogen-bond acceptors (Lipinski definition) is 8. The molecular weight excluding hydrogens is 385 g/mol. The molecule has 2 aromatic heterocycles. The lowest BCUT2D eigenvalue weighted by Crippen LogP contribution is -2.21. The number of aryl methyl sites for hydroxylation is 1. The topological polar surface area (TPSA) is 124 Å². The van der Waals surface area contributed by atoms with Gasteiger partial charge in [-0.25, -0.2) is 4.79 Å². The van der Waals surface area contributed by atoms with Crippen LogP contribution >= 0.6 is 0 Å². The van der Waals surface area contributed by atoms with Crippen molar-refractivity contribution in [1.29, 1.82) is 0 Å². The van der Waals surface area contributed by atoms with Gasteiger partial charge in [-0.05, 0) is 30.4 Å². The summed E-state index contributed by atoms with van der Waals surface area (Å²) in [5.41, 5.74) is 6.17. The zero-order chi connectivity index (χ0) is 20.7. The summed E-state index contributed by atoms with van der Waals surface area (Å²) < 4.78 is 37.2. The Morgan fingerprint density at radius 1 is 1.43 bits per heavy atom. The highest BCUT2D eigenvalue weighted by Gasteiger charge is 2.24. The van der Waals surface area contributed by atoms with Crippen LogP contribution < -0.4 is 5.73 Å². The second-order valence-electron chi connectivity index (χ2n) is 5.35. The molecule has 0 amide bonds. The molecule has 0 unspecified atom stereocenters. The maximum Gasteiger partial charge on any atom is 0.400 e. The van der Waals surface area contributed by atoms with E-state index in [4.69, 9.17) is 19.3 Å². The van der Waals surface area contributed by atoms with Crippen LogP contribution in [-0.2, 0) is 21.1 Å². The molecule has 0 aromatic carbocycles. The van der Waals surface area contributed by atoms with E-state index in [-0.39, 0.29) is 18.9 Å². The van der Waals surface area contributed by atoms with Crippen LogP contribution in [0.5, 0.6) is 0 Å². The molecule has 3 N–H and O–H groups in total. The van der Waals surface area contributed by atoms with Crippen LogP contribution in [-0.4, -0.2) is 45.7 Å². The fraction of sp³-hybridized carbons (Fsp3) is 0.312. The lowest BCUT2D eigenvalue weighted by Gasteiger charge is -2.14. The van der Waals surface area contributed by atoms with Crippen LogP contribution in [0.4, 0.5) is 13.2 Å². The van der Waals surface area contributed by atoms with E-state index in [1.807, 2.05) is 18.2 Å². The predicted octanol–water partition coefficient (Wildman–Crippen LogP) is 2.20. The number of nitrogens with zero attached hydrogens (tertiary/aromatic N) is 3. The van der Waals surface area contributed by atoms with Crippen molar-refractivity contribution in [3.63, 3.8) is 0 Å². The first-order chi connectivity index (χ1) is 13.2. The Kier molecular flexibility index (Phi) is 7.09. The lowest BCUT2D eigenvalue weighted by molar-refractivity contribution is -0.338. The minimum absolute atomic E-state index is 0.127. The first-order valence-corrected chi connectivity index (χ1v) is 7.86. The quantitative estimate of drug-likeness (QED) is 0.774. The van der Waals surface area contributed by atoms with Gasteiger partial charge in [-0.15, -0.1) is 0 Å². The SMILES string of the molecule is Cc1onc(-c2ccccn2)c1CON1CC=C(C(=O)O)O1.NCC(F)(F)F. The van der Waals surface area contributed by atoms with Crippen molar-refractivity contribution in [2.24, 2.45) is 5.73 Å². The van der Waals surface area contributed by atoms with Gasteiger partial charge in [0.25, 0.3) is 0 Å². The molecule has 0 saturated heterocycles. The second-order valence-corrected chi connectivity index (χ2v) is 5.35. The van der Waals surface area contributed by atoms with E-state index in [0.29, 0.717) is 17.1 Å². The summed E-state index contributed by atoms with van der Waals surface area (Å²) >= 11 is 0. The van der Waals surface area contributed by atoms with E-state index in [1.165, 1.54) is 6.08 Å². The standard InChI is InChI=1S/C14H13N3O5.C2H4F3N/c1-9-10(8-20-17-7-5-12(22-17)14(18)19)13(16-21-9)11-4-2-3-6-15-11;3-2(4,5)1-6/h2-6H,7-8H2,1H3,(H,18,19);1,6H2. The van der Waals surface area contributed by atoms with Crippen LogP contribution in [0, 0.1) is 6.92 Å². The van der Waals surface area contributed by atoms with Gasteiger partial charge >= 0.3 is 12.1 Å². The number of carboxylic acids is 1. The number of hydroxylamine groups is 2. The van der Waals surface area contributed by atoms with Gasteiger partial charge in [0.1, 0.15) is 18.1 Å². The minimum Gasteiger partial charge on any atom is -0.475 e. The summed E-state index contributed by atoms with van der Waals surface area (Å²) in [6.45, 7) is 0.893. The Bertz CT molecular complexity index is 823. The van der Waals surface area contributed by atoms with Crippen molar-refractivity contribution in [1.82, 2.24) is 15.4 Å². The van der Waals surface area contributed by atoms with Crippen molar-refractivity contribution in [2.45, 2.75) is 19.7 Å². The monoisotopic (exact) mass is 402 g/mol. The molecule has 2 aromatic rings. The van der Waals surface area contributed by atoms with Crippen molar-refractivity contribution >= 4 is 5.97 Å². The van der Waals surface area contributed by atoms with Crippen LogP contribution in [0.3, 0.4) is 0 Å². The average Bonchev–Trinajstić information content (AvgIpc) is 3.27. The van der Waals surface area contributed by atoms with E-state index in [2.05, 4.69) is 15.9 Å². The number of carbonyl (C=O) groups is 1. The zero-order valence-corrected chi connectivity index (χ0v) is 14.6. The van der Waals surface area contributed by atoms with Gasteiger partial charge in [0, 0.05) is 6.20 Å². The van der Waals surface area contributed by atoms with E-state index in [0.717, 1.165) is 10.8 Å². The molecule has 1 aliphatic rings. The Morgan fingerprint density at radius 2 is 2.14 bits per heavy atom. The number of pyridine rings is 1. The summed E-state index contributed by atoms with van der Waals surface area (Å²) in [5.74, 6) is -0.695. The third-order valence-electron chi connectivity index (χ3n) is 3.31. The van der Waals surface area contributed by atoms with Crippen LogP contribution in [0.25, 0.3) is 11.4 Å². The van der Waals surface area contributed by atoms with Crippen molar-refractivity contribution < 1.29 is 37.3 Å². The van der Waals surface area contributed by atoms with Gasteiger partial charge in [0.15, 0.2) is 0 Å². The number of hydrogen-bond donors (Lipinski definition) is 2. The number of rotatable bonds is 5. The summed E-state index contributed by atoms with van der Waals surface area (Å²) in [6, 6.07) is 5.48. The van der Waals surface area contributed by atoms with Gasteiger partial charge in [-0.1, -0.05) is 11.2 Å². The predicted molar refractivity (Wildman–Crippen MR) is 87.9 cm³/mol. The highest BCUT2D eigenvalue weighted by atomic mass is 19.4. The van der Waals surface area contributed by atoms with Crippen LogP contribution in [0.15, 0.2) is 40.8 Å². The van der Waals surface area contributed by atoms with Crippen molar-refractivity contribution in [3.05, 3.63) is 47.6 Å². The van der Waals surface area contributed by atoms with E-state index >= 15 is 0 Å². The zero-order valence-electron chi connectivity index (χ0n) is 14.6. The summed E-state index contributed by atoms with van der Waals surface area (Å²) in [5, 5.41) is 13.9. The Morgan fingerprint density at radius 3 is 2.68 bits per heavy atom. The molecule has 9 nitrogen and oxygen atoms in total. The number of aliphatic carboxylic acids is 1. The maximum atomic E-state index is 10.8. The number of carboxylic acid groups (broad SMARTS) is 1. The van der Waals surface area contributed by atoms with E-state index < -0.39 is 18.7 Å². The third-order valence-corrected chi connectivity index (χ3v) is 3.31. The van der Waals surface area contributed by atoms with Gasteiger partial charge in [-0.3, -0.25) is 9.82 Å². The molecule has 0 spiro atoms. The van der Waals surface area contributed by atoms with Crippen molar-refractivity contribution in [2.75, 3.05) is 13.1 Å². The molecule has 152 valence electrons. The molecule has 12 heteroatoms. The molecule has 3 rings (SSSR count). The van der Waals surface area contributed by atoms with Gasteiger partial charge in [0.05, 0.1) is 24.3 Å². The normalized spacial score (nSPS) is 14.1. The lowest BCUT2D eigenvalue weighted by atomic mass is 10.1. The third kappa shape index (κ3) is 6.04. The molecule has 0 radical (unpaired) electrons. The molecular formula is C16H17F3N4O5. The highest BCUT2D eigenvalue weighted by Crippen LogP contribution is 2.25. The van der Waals surface area contributed by atoms with Gasteiger partial charge in [-0.2, -0.15) is 13.2 Å². The number of nitrogens with two attached hydrogens (primary N) is 1. The van der Waals surface area contributed by atoms with Gasteiger partial charge in [0.2, 0.25) is 5.76 Å². The second kappa shape index (κ2) is 9.30. The fourth-order valence-electron chi connectivity index (χ4n) is 1.95. The van der Waals surface area contributed by atoms with Crippen molar-refractivity contribution in [3.8, 4) is 11.4 Å². The molecule has 0 bridgehead atoms. The fourth-order valence-corrected chi connectivity index (χ4v) is 1.95. The van der Waals surface area contributed by atoms with E-state index in [9.17, 15) is 18.0 Å². The summed E-state index contributed by atoms with van der Waals surface area (Å²) in [6.07, 6.45) is -1.10. The molecule has 28 heavy (non-hydrogen) atoms. The first-order valence-electron chi connectivity index (χ1n) is 7.86. The Hall–Kier alpha value is -2.96. The van der Waals surface area contributed by atoms with E-state index in [1.54, 1.807) is 13.1 Å². The molecule has 0 aliphatic carbocycles. The first kappa shape index (κ1) is 21.3. The van der Waals surface area contributed by atoms with Crippen LogP contribution in [0.2, 0.25) is 0 Å². The summed E-state index contributed by atoms with van der Waals surface area (Å²) in [7, 11) is 0. The smallest absolute Gasteiger partial charge is 0.400 e. The van der Waals surface area contributed by atoms with Crippen LogP contribution in [0.1, 0.15) is 11.3 Å². The molecule has 1 aliphatic heterocycles.